The van der Waals surface area contributed by atoms with E-state index < -0.39 is 0 Å². The lowest BCUT2D eigenvalue weighted by molar-refractivity contribution is -0.125. The van der Waals surface area contributed by atoms with Gasteiger partial charge in [-0.2, -0.15) is 0 Å². The molecule has 0 atom stereocenters. The zero-order valence-electron chi connectivity index (χ0n) is 13.4. The second-order valence-corrected chi connectivity index (χ2v) is 5.10. The first-order valence-corrected chi connectivity index (χ1v) is 7.09. The van der Waals surface area contributed by atoms with Gasteiger partial charge in [0.05, 0.1) is 19.2 Å². The van der Waals surface area contributed by atoms with Crippen LogP contribution in [0.5, 0.6) is 0 Å². The predicted molar refractivity (Wildman–Crippen MR) is 86.5 cm³/mol. The second-order valence-electron chi connectivity index (χ2n) is 5.10. The quantitative estimate of drug-likeness (QED) is 0.624. The molecular formula is C17H19N3O3. The Balaban J connectivity index is 1.97. The fourth-order valence-corrected chi connectivity index (χ4v) is 1.98. The number of carbonyl (C=O) groups is 2. The standard InChI is InChI=1S/C17H19N3O3/c1-19-11-10-18-15(19)12-20(2)16(21)9-6-13-4-7-14(8-5-13)17(22)23-3/h4-11H,12H2,1-3H3. The summed E-state index contributed by atoms with van der Waals surface area (Å²) in [5.74, 6) is 0.313. The van der Waals surface area contributed by atoms with Gasteiger partial charge in [-0.05, 0) is 23.8 Å². The predicted octanol–water partition coefficient (Wildman–Crippen LogP) is 1.88. The number of likely N-dealkylation sites (N-methyl/N-ethyl adjacent to an activating group) is 1. The summed E-state index contributed by atoms with van der Waals surface area (Å²) >= 11 is 0. The lowest BCUT2D eigenvalue weighted by Crippen LogP contribution is -2.25. The maximum absolute atomic E-state index is 12.1. The van der Waals surface area contributed by atoms with Crippen molar-refractivity contribution >= 4 is 18.0 Å². The van der Waals surface area contributed by atoms with Crippen molar-refractivity contribution in [2.45, 2.75) is 6.54 Å². The number of rotatable bonds is 5. The second kappa shape index (κ2) is 7.40. The van der Waals surface area contributed by atoms with Gasteiger partial charge in [0.25, 0.3) is 0 Å². The number of aryl methyl sites for hydroxylation is 1. The first-order valence-electron chi connectivity index (χ1n) is 7.09. The third-order valence-electron chi connectivity index (χ3n) is 3.43. The number of amides is 1. The van der Waals surface area contributed by atoms with Crippen LogP contribution in [0.4, 0.5) is 0 Å². The summed E-state index contributed by atoms with van der Waals surface area (Å²) in [6.07, 6.45) is 6.74. The van der Waals surface area contributed by atoms with E-state index in [0.717, 1.165) is 11.4 Å². The van der Waals surface area contributed by atoms with Gasteiger partial charge in [0.15, 0.2) is 0 Å². The molecule has 0 N–H and O–H groups in total. The first kappa shape index (κ1) is 16.5. The van der Waals surface area contributed by atoms with Crippen molar-refractivity contribution in [3.05, 3.63) is 59.7 Å². The van der Waals surface area contributed by atoms with Gasteiger partial charge in [0.2, 0.25) is 5.91 Å². The van der Waals surface area contributed by atoms with E-state index in [9.17, 15) is 9.59 Å². The molecule has 1 heterocycles. The highest BCUT2D eigenvalue weighted by molar-refractivity contribution is 5.92. The van der Waals surface area contributed by atoms with E-state index in [4.69, 9.17) is 0 Å². The largest absolute Gasteiger partial charge is 0.465 e. The minimum absolute atomic E-state index is 0.120. The van der Waals surface area contributed by atoms with Crippen molar-refractivity contribution in [2.24, 2.45) is 7.05 Å². The Morgan fingerprint density at radius 3 is 2.57 bits per heavy atom. The van der Waals surface area contributed by atoms with Gasteiger partial charge in [-0.3, -0.25) is 4.79 Å². The van der Waals surface area contributed by atoms with Crippen LogP contribution in [0.15, 0.2) is 42.7 Å². The smallest absolute Gasteiger partial charge is 0.337 e. The molecule has 0 fully saturated rings. The van der Waals surface area contributed by atoms with Crippen LogP contribution in [0.25, 0.3) is 6.08 Å². The SMILES string of the molecule is COC(=O)c1ccc(C=CC(=O)N(C)Cc2nccn2C)cc1. The van der Waals surface area contributed by atoms with Crippen molar-refractivity contribution in [2.75, 3.05) is 14.2 Å². The van der Waals surface area contributed by atoms with Crippen LogP contribution >= 0.6 is 0 Å². The highest BCUT2D eigenvalue weighted by Gasteiger charge is 2.09. The molecule has 0 unspecified atom stereocenters. The summed E-state index contributed by atoms with van der Waals surface area (Å²) in [4.78, 5) is 29.2. The van der Waals surface area contributed by atoms with Crippen LogP contribution in [0.1, 0.15) is 21.7 Å². The molecule has 1 aromatic carbocycles. The maximum atomic E-state index is 12.1. The summed E-state index contributed by atoms with van der Waals surface area (Å²) in [5, 5.41) is 0. The van der Waals surface area contributed by atoms with Crippen LogP contribution < -0.4 is 0 Å². The van der Waals surface area contributed by atoms with Crippen LogP contribution in [-0.4, -0.2) is 40.5 Å². The average molecular weight is 313 g/mol. The number of benzene rings is 1. The molecule has 0 aliphatic heterocycles. The molecule has 0 aliphatic carbocycles. The molecule has 2 rings (SSSR count). The zero-order valence-corrected chi connectivity index (χ0v) is 13.4. The fraction of sp³-hybridized carbons (Fsp3) is 0.235. The molecule has 0 spiro atoms. The molecule has 2 aromatic rings. The van der Waals surface area contributed by atoms with Crippen LogP contribution in [0, 0.1) is 0 Å². The molecule has 0 saturated heterocycles. The number of hydrogen-bond donors (Lipinski definition) is 0. The van der Waals surface area contributed by atoms with Crippen LogP contribution in [0.3, 0.4) is 0 Å². The Hall–Kier alpha value is -2.89. The Kier molecular flexibility index (Phi) is 5.30. The van der Waals surface area contributed by atoms with E-state index >= 15 is 0 Å². The van der Waals surface area contributed by atoms with Gasteiger partial charge in [-0.15, -0.1) is 0 Å². The van der Waals surface area contributed by atoms with Gasteiger partial charge in [0.1, 0.15) is 5.82 Å². The molecule has 0 aliphatic rings. The van der Waals surface area contributed by atoms with Crippen molar-refractivity contribution in [3.8, 4) is 0 Å². The highest BCUT2D eigenvalue weighted by Crippen LogP contribution is 2.08. The third-order valence-corrected chi connectivity index (χ3v) is 3.43. The minimum atomic E-state index is -0.383. The normalized spacial score (nSPS) is 10.7. The maximum Gasteiger partial charge on any atom is 0.337 e. The first-order chi connectivity index (χ1) is 11.0. The van der Waals surface area contributed by atoms with Gasteiger partial charge >= 0.3 is 5.97 Å². The van der Waals surface area contributed by atoms with Gasteiger partial charge in [-0.1, -0.05) is 12.1 Å². The number of carbonyl (C=O) groups excluding carboxylic acids is 2. The summed E-state index contributed by atoms with van der Waals surface area (Å²) in [6, 6.07) is 6.84. The molecule has 23 heavy (non-hydrogen) atoms. The zero-order chi connectivity index (χ0) is 16.8. The number of nitrogens with zero attached hydrogens (tertiary/aromatic N) is 3. The topological polar surface area (TPSA) is 64.4 Å². The molecule has 6 heteroatoms. The molecule has 1 aromatic heterocycles. The fourth-order valence-electron chi connectivity index (χ4n) is 1.98. The minimum Gasteiger partial charge on any atom is -0.465 e. The van der Waals surface area contributed by atoms with Crippen molar-refractivity contribution in [3.63, 3.8) is 0 Å². The van der Waals surface area contributed by atoms with E-state index in [-0.39, 0.29) is 11.9 Å². The number of esters is 1. The van der Waals surface area contributed by atoms with E-state index in [1.807, 2.05) is 17.8 Å². The Bertz CT molecular complexity index is 717. The van der Waals surface area contributed by atoms with Crippen molar-refractivity contribution in [1.82, 2.24) is 14.5 Å². The Labute approximate surface area is 135 Å². The number of imidazole rings is 1. The number of aromatic nitrogens is 2. The number of hydrogen-bond acceptors (Lipinski definition) is 4. The molecule has 0 bridgehead atoms. The van der Waals surface area contributed by atoms with Gasteiger partial charge < -0.3 is 14.2 Å². The molecule has 120 valence electrons. The highest BCUT2D eigenvalue weighted by atomic mass is 16.5. The van der Waals surface area contributed by atoms with E-state index in [1.165, 1.54) is 13.2 Å². The summed E-state index contributed by atoms with van der Waals surface area (Å²) < 4.78 is 6.51. The molecule has 1 amide bonds. The van der Waals surface area contributed by atoms with E-state index in [2.05, 4.69) is 9.72 Å². The summed E-state index contributed by atoms with van der Waals surface area (Å²) in [7, 11) is 4.95. The van der Waals surface area contributed by atoms with Gasteiger partial charge in [0, 0.05) is 32.6 Å². The summed E-state index contributed by atoms with van der Waals surface area (Å²) in [5.41, 5.74) is 1.30. The Morgan fingerprint density at radius 1 is 1.30 bits per heavy atom. The average Bonchev–Trinajstić information content (AvgIpc) is 2.97. The monoisotopic (exact) mass is 313 g/mol. The van der Waals surface area contributed by atoms with Crippen molar-refractivity contribution in [1.29, 1.82) is 0 Å². The lowest BCUT2D eigenvalue weighted by Gasteiger charge is -2.14. The van der Waals surface area contributed by atoms with Crippen LogP contribution in [-0.2, 0) is 23.1 Å². The third kappa shape index (κ3) is 4.29. The molecule has 6 nitrogen and oxygen atoms in total. The van der Waals surface area contributed by atoms with E-state index in [0.29, 0.717) is 12.1 Å². The molecule has 0 saturated carbocycles. The molecular weight excluding hydrogens is 294 g/mol. The number of methoxy groups -OCH3 is 1. The van der Waals surface area contributed by atoms with Gasteiger partial charge in [-0.25, -0.2) is 9.78 Å². The number of ether oxygens (including phenoxy) is 1. The van der Waals surface area contributed by atoms with Crippen LogP contribution in [0.2, 0.25) is 0 Å². The summed E-state index contributed by atoms with van der Waals surface area (Å²) in [6.45, 7) is 0.438. The lowest BCUT2D eigenvalue weighted by atomic mass is 10.1. The van der Waals surface area contributed by atoms with E-state index in [1.54, 1.807) is 48.5 Å². The molecule has 0 radical (unpaired) electrons. The van der Waals surface area contributed by atoms with Crippen molar-refractivity contribution < 1.29 is 14.3 Å². The Morgan fingerprint density at radius 2 is 2.00 bits per heavy atom.